The van der Waals surface area contributed by atoms with Crippen LogP contribution < -0.4 is 0 Å². The Hall–Kier alpha value is -2.44. The normalized spacial score (nSPS) is 15.0. The third kappa shape index (κ3) is 4.54. The van der Waals surface area contributed by atoms with Crippen LogP contribution in [0, 0.1) is 10.1 Å². The summed E-state index contributed by atoms with van der Waals surface area (Å²) in [5.41, 5.74) is 0.450. The number of para-hydroxylation sites is 1. The zero-order valence-corrected chi connectivity index (χ0v) is 12.3. The van der Waals surface area contributed by atoms with Gasteiger partial charge in [-0.05, 0) is 25.3 Å². The molecule has 1 aliphatic rings. The summed E-state index contributed by atoms with van der Waals surface area (Å²) in [5, 5.41) is 10.8. The highest BCUT2D eigenvalue weighted by molar-refractivity contribution is 5.85. The van der Waals surface area contributed by atoms with E-state index in [1.807, 2.05) is 0 Å². The molecule has 1 heterocycles. The molecule has 1 fully saturated rings. The molecular weight excluding hydrogens is 286 g/mol. The zero-order chi connectivity index (χ0) is 15.8. The van der Waals surface area contributed by atoms with Crippen LogP contribution in [0.4, 0.5) is 10.5 Å². The Bertz CT molecular complexity index is 553. The first kappa shape index (κ1) is 15.9. The first-order chi connectivity index (χ1) is 10.7. The molecule has 1 aliphatic heterocycles. The van der Waals surface area contributed by atoms with Crippen molar-refractivity contribution in [1.29, 1.82) is 0 Å². The van der Waals surface area contributed by atoms with Crippen LogP contribution >= 0.6 is 0 Å². The fourth-order valence-corrected chi connectivity index (χ4v) is 2.28. The molecule has 1 saturated heterocycles. The molecule has 1 amide bonds. The molecule has 118 valence electrons. The third-order valence-electron chi connectivity index (χ3n) is 3.42. The molecule has 0 unspecified atom stereocenters. The van der Waals surface area contributed by atoms with Crippen molar-refractivity contribution in [2.75, 3.05) is 26.2 Å². The smallest absolute Gasteiger partial charge is 0.409 e. The van der Waals surface area contributed by atoms with Crippen molar-refractivity contribution < 1.29 is 14.5 Å². The second kappa shape index (κ2) is 8.11. The third-order valence-corrected chi connectivity index (χ3v) is 3.42. The molecule has 7 nitrogen and oxygen atoms in total. The van der Waals surface area contributed by atoms with E-state index < -0.39 is 4.92 Å². The standard InChI is InChI=1S/C15H19N3O4/c19-15(17-9-4-1-5-10-17)22-11-8-16-12-13-6-2-3-7-14(13)18(20)21/h2-3,6-7,12H,1,4-5,8-11H2. The Morgan fingerprint density at radius 2 is 2.05 bits per heavy atom. The fraction of sp³-hybridized carbons (Fsp3) is 0.467. The van der Waals surface area contributed by atoms with Crippen LogP contribution in [0.15, 0.2) is 29.3 Å². The van der Waals surface area contributed by atoms with Crippen molar-refractivity contribution in [1.82, 2.24) is 4.90 Å². The highest BCUT2D eigenvalue weighted by atomic mass is 16.6. The van der Waals surface area contributed by atoms with E-state index in [0.29, 0.717) is 5.56 Å². The quantitative estimate of drug-likeness (QED) is 0.362. The topological polar surface area (TPSA) is 85.0 Å². The van der Waals surface area contributed by atoms with Crippen molar-refractivity contribution >= 4 is 18.0 Å². The van der Waals surface area contributed by atoms with Crippen molar-refractivity contribution in [3.05, 3.63) is 39.9 Å². The van der Waals surface area contributed by atoms with E-state index in [4.69, 9.17) is 4.74 Å². The number of hydrogen-bond donors (Lipinski definition) is 0. The predicted molar refractivity (Wildman–Crippen MR) is 82.3 cm³/mol. The Balaban J connectivity index is 1.76. The van der Waals surface area contributed by atoms with Crippen LogP contribution in [0.2, 0.25) is 0 Å². The van der Waals surface area contributed by atoms with Crippen molar-refractivity contribution in [3.8, 4) is 0 Å². The van der Waals surface area contributed by atoms with E-state index in [2.05, 4.69) is 4.99 Å². The summed E-state index contributed by atoms with van der Waals surface area (Å²) in [5.74, 6) is 0. The molecule has 0 N–H and O–H groups in total. The van der Waals surface area contributed by atoms with E-state index in [1.165, 1.54) is 12.3 Å². The summed E-state index contributed by atoms with van der Waals surface area (Å²) in [4.78, 5) is 27.9. The highest BCUT2D eigenvalue weighted by Gasteiger charge is 2.17. The Kier molecular flexibility index (Phi) is 5.88. The van der Waals surface area contributed by atoms with Gasteiger partial charge in [0.1, 0.15) is 6.61 Å². The number of benzene rings is 1. The van der Waals surface area contributed by atoms with Gasteiger partial charge in [0.25, 0.3) is 5.69 Å². The maximum absolute atomic E-state index is 11.7. The number of piperidine rings is 1. The van der Waals surface area contributed by atoms with Crippen LogP contribution in [0.25, 0.3) is 0 Å². The van der Waals surface area contributed by atoms with Crippen molar-refractivity contribution in [2.24, 2.45) is 4.99 Å². The summed E-state index contributed by atoms with van der Waals surface area (Å²) < 4.78 is 5.14. The molecule has 0 aromatic heterocycles. The van der Waals surface area contributed by atoms with E-state index in [9.17, 15) is 14.9 Å². The van der Waals surface area contributed by atoms with E-state index in [0.717, 1.165) is 32.4 Å². The Morgan fingerprint density at radius 3 is 2.77 bits per heavy atom. The SMILES string of the molecule is O=C(OCCN=Cc1ccccc1[N+](=O)[O-])N1CCCCC1. The molecule has 0 spiro atoms. The van der Waals surface area contributed by atoms with Crippen LogP contribution in [-0.4, -0.2) is 48.4 Å². The Morgan fingerprint density at radius 1 is 1.32 bits per heavy atom. The number of nitro benzene ring substituents is 1. The average Bonchev–Trinajstić information content (AvgIpc) is 2.55. The summed E-state index contributed by atoms with van der Waals surface area (Å²) in [6.45, 7) is 1.95. The number of aliphatic imine (C=N–C) groups is 1. The molecule has 0 saturated carbocycles. The molecule has 0 atom stereocenters. The van der Waals surface area contributed by atoms with Gasteiger partial charge >= 0.3 is 6.09 Å². The summed E-state index contributed by atoms with van der Waals surface area (Å²) >= 11 is 0. The van der Waals surface area contributed by atoms with Crippen molar-refractivity contribution in [3.63, 3.8) is 0 Å². The number of carbonyl (C=O) groups excluding carboxylic acids is 1. The fourth-order valence-electron chi connectivity index (χ4n) is 2.28. The summed E-state index contributed by atoms with van der Waals surface area (Å²) in [6.07, 6.45) is 4.33. The maximum atomic E-state index is 11.7. The van der Waals surface area contributed by atoms with Crippen LogP contribution in [-0.2, 0) is 4.74 Å². The molecule has 1 aromatic carbocycles. The van der Waals surface area contributed by atoms with Crippen LogP contribution in [0.1, 0.15) is 24.8 Å². The second-order valence-corrected chi connectivity index (χ2v) is 5.01. The molecule has 0 bridgehead atoms. The molecule has 22 heavy (non-hydrogen) atoms. The van der Waals surface area contributed by atoms with Gasteiger partial charge in [-0.2, -0.15) is 0 Å². The number of nitrogens with zero attached hydrogens (tertiary/aromatic N) is 3. The van der Waals surface area contributed by atoms with E-state index in [1.54, 1.807) is 23.1 Å². The van der Waals surface area contributed by atoms with E-state index in [-0.39, 0.29) is 24.9 Å². The van der Waals surface area contributed by atoms with Gasteiger partial charge in [0, 0.05) is 25.4 Å². The molecule has 7 heteroatoms. The maximum Gasteiger partial charge on any atom is 0.409 e. The minimum Gasteiger partial charge on any atom is -0.447 e. The number of rotatable bonds is 5. The number of hydrogen-bond acceptors (Lipinski definition) is 5. The van der Waals surface area contributed by atoms with Gasteiger partial charge in [0.2, 0.25) is 0 Å². The molecular formula is C15H19N3O4. The lowest BCUT2D eigenvalue weighted by Gasteiger charge is -2.25. The monoisotopic (exact) mass is 305 g/mol. The lowest BCUT2D eigenvalue weighted by atomic mass is 10.1. The molecule has 2 rings (SSSR count). The van der Waals surface area contributed by atoms with Crippen LogP contribution in [0.3, 0.4) is 0 Å². The average molecular weight is 305 g/mol. The van der Waals surface area contributed by atoms with Gasteiger partial charge in [-0.3, -0.25) is 15.1 Å². The minimum absolute atomic E-state index is 0.0107. The summed E-state index contributed by atoms with van der Waals surface area (Å²) in [7, 11) is 0. The van der Waals surface area contributed by atoms with E-state index >= 15 is 0 Å². The largest absolute Gasteiger partial charge is 0.447 e. The van der Waals surface area contributed by atoms with Gasteiger partial charge < -0.3 is 9.64 Å². The number of likely N-dealkylation sites (tertiary alicyclic amines) is 1. The Labute approximate surface area is 128 Å². The molecule has 0 aliphatic carbocycles. The second-order valence-electron chi connectivity index (χ2n) is 5.01. The first-order valence-electron chi connectivity index (χ1n) is 7.33. The highest BCUT2D eigenvalue weighted by Crippen LogP contribution is 2.15. The van der Waals surface area contributed by atoms with Crippen LogP contribution in [0.5, 0.6) is 0 Å². The van der Waals surface area contributed by atoms with Gasteiger partial charge in [-0.25, -0.2) is 4.79 Å². The number of carbonyl (C=O) groups is 1. The van der Waals surface area contributed by atoms with Crippen molar-refractivity contribution in [2.45, 2.75) is 19.3 Å². The van der Waals surface area contributed by atoms with Gasteiger partial charge in [0.15, 0.2) is 0 Å². The lowest BCUT2D eigenvalue weighted by Crippen LogP contribution is -2.36. The van der Waals surface area contributed by atoms with Gasteiger partial charge in [-0.15, -0.1) is 0 Å². The van der Waals surface area contributed by atoms with Gasteiger partial charge in [0.05, 0.1) is 17.0 Å². The predicted octanol–water partition coefficient (Wildman–Crippen LogP) is 2.64. The molecule has 1 aromatic rings. The zero-order valence-electron chi connectivity index (χ0n) is 12.3. The minimum atomic E-state index is -0.447. The van der Waals surface area contributed by atoms with Gasteiger partial charge in [-0.1, -0.05) is 12.1 Å². The molecule has 0 radical (unpaired) electrons. The number of nitro groups is 1. The number of ether oxygens (including phenoxy) is 1. The first-order valence-corrected chi connectivity index (χ1v) is 7.33. The number of amides is 1. The summed E-state index contributed by atoms with van der Waals surface area (Å²) in [6, 6.07) is 6.37. The lowest BCUT2D eigenvalue weighted by molar-refractivity contribution is -0.385.